The molecule has 6 rings (SSSR count). The highest BCUT2D eigenvalue weighted by Gasteiger charge is 2.28. The molecule has 0 aliphatic heterocycles. The molecular weight excluding hydrogens is 560 g/mol. The monoisotopic (exact) mass is 598 g/mol. The summed E-state index contributed by atoms with van der Waals surface area (Å²) in [6.07, 6.45) is 3.88. The van der Waals surface area contributed by atoms with Crippen molar-refractivity contribution in [2.45, 2.75) is 64.3 Å². The summed E-state index contributed by atoms with van der Waals surface area (Å²) < 4.78 is 0. The van der Waals surface area contributed by atoms with Crippen LogP contribution in [0.1, 0.15) is 56.6 Å². The van der Waals surface area contributed by atoms with Crippen LogP contribution in [-0.2, 0) is 22.4 Å². The predicted molar refractivity (Wildman–Crippen MR) is 182 cm³/mol. The minimum absolute atomic E-state index is 0.0507. The van der Waals surface area contributed by atoms with Crippen LogP contribution in [0.2, 0.25) is 0 Å². The van der Waals surface area contributed by atoms with E-state index in [-0.39, 0.29) is 42.0 Å². The Morgan fingerprint density at radius 1 is 0.644 bits per heavy atom. The van der Waals surface area contributed by atoms with Gasteiger partial charge in [0.05, 0.1) is 23.7 Å². The van der Waals surface area contributed by atoms with Crippen LogP contribution in [0.25, 0.3) is 21.5 Å². The number of carbonyl (C=O) groups excluding carboxylic acids is 2. The molecule has 2 aliphatic rings. The number of carbonyl (C=O) groups is 2. The van der Waals surface area contributed by atoms with Gasteiger partial charge in [-0.15, -0.1) is 0 Å². The first kappa shape index (κ1) is 30.2. The van der Waals surface area contributed by atoms with Gasteiger partial charge in [-0.05, 0) is 65.3 Å². The van der Waals surface area contributed by atoms with Crippen molar-refractivity contribution in [3.63, 3.8) is 0 Å². The molecular formula is C39H38N2O4. The van der Waals surface area contributed by atoms with Crippen LogP contribution < -0.4 is 0 Å². The van der Waals surface area contributed by atoms with Crippen LogP contribution in [0, 0.1) is 0 Å². The molecule has 0 heterocycles. The largest absolute Gasteiger partial charge is 0.511 e. The minimum atomic E-state index is -0.280. The van der Waals surface area contributed by atoms with Crippen LogP contribution >= 0.6 is 0 Å². The van der Waals surface area contributed by atoms with E-state index in [2.05, 4.69) is 0 Å². The SMILES string of the molecule is CC(CN=C1CCCC(=O)/C1=C(/O)Cc1cccc2ccccc12)N=C1CCCC(=O)/C1=C(/O)Cc1cccc2ccccc12. The minimum Gasteiger partial charge on any atom is -0.511 e. The Kier molecular flexibility index (Phi) is 9.01. The van der Waals surface area contributed by atoms with Crippen molar-refractivity contribution in [1.82, 2.24) is 0 Å². The van der Waals surface area contributed by atoms with Gasteiger partial charge in [0.25, 0.3) is 0 Å². The number of nitrogens with zero attached hydrogens (tertiary/aromatic N) is 2. The molecule has 2 N–H and O–H groups in total. The smallest absolute Gasteiger partial charge is 0.168 e. The molecule has 0 bridgehead atoms. The molecule has 0 saturated heterocycles. The maximum Gasteiger partial charge on any atom is 0.168 e. The van der Waals surface area contributed by atoms with E-state index >= 15 is 0 Å². The van der Waals surface area contributed by atoms with Crippen molar-refractivity contribution in [2.75, 3.05) is 6.54 Å². The Morgan fingerprint density at radius 2 is 1.11 bits per heavy atom. The van der Waals surface area contributed by atoms with E-state index < -0.39 is 0 Å². The van der Waals surface area contributed by atoms with Crippen molar-refractivity contribution in [3.05, 3.63) is 119 Å². The molecule has 1 atom stereocenters. The average Bonchev–Trinajstić information content (AvgIpc) is 3.04. The number of Topliss-reactive ketones (excluding diaryl/α,β-unsaturated/α-hetero) is 2. The highest BCUT2D eigenvalue weighted by atomic mass is 16.3. The number of rotatable bonds is 7. The van der Waals surface area contributed by atoms with E-state index in [0.717, 1.165) is 32.7 Å². The number of aliphatic imine (C=N–C) groups is 2. The quantitative estimate of drug-likeness (QED) is 0.166. The zero-order valence-corrected chi connectivity index (χ0v) is 25.6. The Hall–Kier alpha value is -4.84. The Labute approximate surface area is 263 Å². The summed E-state index contributed by atoms with van der Waals surface area (Å²) in [6.45, 7) is 2.24. The first-order valence-electron chi connectivity index (χ1n) is 15.8. The molecule has 0 amide bonds. The van der Waals surface area contributed by atoms with Gasteiger partial charge in [-0.3, -0.25) is 19.6 Å². The van der Waals surface area contributed by atoms with E-state index in [4.69, 9.17) is 9.98 Å². The summed E-state index contributed by atoms with van der Waals surface area (Å²) in [5.41, 5.74) is 3.81. The summed E-state index contributed by atoms with van der Waals surface area (Å²) in [5, 5.41) is 26.8. The normalized spacial score (nSPS) is 20.6. The summed E-state index contributed by atoms with van der Waals surface area (Å²) in [7, 11) is 0. The fraction of sp³-hybridized carbons (Fsp3) is 0.282. The Bertz CT molecular complexity index is 1900. The second kappa shape index (κ2) is 13.4. The van der Waals surface area contributed by atoms with Crippen molar-refractivity contribution in [3.8, 4) is 0 Å². The third-order valence-corrected chi connectivity index (χ3v) is 8.75. The second-order valence-corrected chi connectivity index (χ2v) is 12.0. The highest BCUT2D eigenvalue weighted by molar-refractivity contribution is 6.25. The molecule has 2 fully saturated rings. The Balaban J connectivity index is 1.25. The third kappa shape index (κ3) is 6.65. The van der Waals surface area contributed by atoms with E-state index in [0.29, 0.717) is 67.6 Å². The molecule has 6 heteroatoms. The molecule has 2 aliphatic carbocycles. The van der Waals surface area contributed by atoms with Gasteiger partial charge < -0.3 is 10.2 Å². The summed E-state index contributed by atoms with van der Waals surface area (Å²) in [5.74, 6) is -0.0686. The van der Waals surface area contributed by atoms with E-state index in [1.54, 1.807) is 0 Å². The van der Waals surface area contributed by atoms with Gasteiger partial charge in [0.1, 0.15) is 11.5 Å². The first-order chi connectivity index (χ1) is 21.9. The molecule has 0 aromatic heterocycles. The molecule has 6 nitrogen and oxygen atoms in total. The molecule has 0 radical (unpaired) electrons. The van der Waals surface area contributed by atoms with Crippen LogP contribution in [0.15, 0.2) is 118 Å². The number of hydrogen-bond acceptors (Lipinski definition) is 6. The number of benzene rings is 4. The topological polar surface area (TPSA) is 99.3 Å². The molecule has 2 saturated carbocycles. The van der Waals surface area contributed by atoms with Crippen LogP contribution in [-0.4, -0.2) is 45.8 Å². The van der Waals surface area contributed by atoms with E-state index in [9.17, 15) is 19.8 Å². The van der Waals surface area contributed by atoms with Crippen LogP contribution in [0.3, 0.4) is 0 Å². The van der Waals surface area contributed by atoms with Crippen LogP contribution in [0.5, 0.6) is 0 Å². The number of ketones is 2. The molecule has 1 unspecified atom stereocenters. The van der Waals surface area contributed by atoms with E-state index in [1.165, 1.54) is 0 Å². The number of fused-ring (bicyclic) bond motifs is 2. The maximum absolute atomic E-state index is 13.1. The first-order valence-corrected chi connectivity index (χ1v) is 15.8. The van der Waals surface area contributed by atoms with Crippen molar-refractivity contribution >= 4 is 44.5 Å². The van der Waals surface area contributed by atoms with Gasteiger partial charge >= 0.3 is 0 Å². The second-order valence-electron chi connectivity index (χ2n) is 12.0. The van der Waals surface area contributed by atoms with Gasteiger partial charge in [-0.2, -0.15) is 0 Å². The molecule has 0 spiro atoms. The van der Waals surface area contributed by atoms with Gasteiger partial charge in [-0.25, -0.2) is 0 Å². The standard InChI is InChI=1S/C39H38N2O4/c1-25(41-33-19-9-21-35(43)39(33)37(45)23-29-15-7-13-27-11-3-5-17-31(27)29)24-40-32-18-8-20-34(42)38(32)36(44)22-28-14-6-12-26-10-2-4-16-30(26)28/h2-7,10-17,25,44-45H,8-9,18-24H2,1H3/b38-36+,39-37+,40-32?,41-33?. The average molecular weight is 599 g/mol. The highest BCUT2D eigenvalue weighted by Crippen LogP contribution is 2.28. The number of allylic oxidation sites excluding steroid dienone is 4. The van der Waals surface area contributed by atoms with Crippen molar-refractivity contribution in [2.24, 2.45) is 9.98 Å². The molecule has 45 heavy (non-hydrogen) atoms. The fourth-order valence-electron chi connectivity index (χ4n) is 6.58. The van der Waals surface area contributed by atoms with Gasteiger partial charge in [-0.1, -0.05) is 84.9 Å². The van der Waals surface area contributed by atoms with Crippen molar-refractivity contribution < 1.29 is 19.8 Å². The lowest BCUT2D eigenvalue weighted by Crippen LogP contribution is -2.25. The predicted octanol–water partition coefficient (Wildman–Crippen LogP) is 8.18. The van der Waals surface area contributed by atoms with Crippen molar-refractivity contribution in [1.29, 1.82) is 0 Å². The number of hydrogen-bond donors (Lipinski definition) is 2. The lowest BCUT2D eigenvalue weighted by molar-refractivity contribution is -0.116. The van der Waals surface area contributed by atoms with Gasteiger partial charge in [0.2, 0.25) is 0 Å². The maximum atomic E-state index is 13.1. The van der Waals surface area contributed by atoms with Gasteiger partial charge in [0, 0.05) is 37.1 Å². The van der Waals surface area contributed by atoms with Gasteiger partial charge in [0.15, 0.2) is 11.6 Å². The lowest BCUT2D eigenvalue weighted by Gasteiger charge is -2.21. The summed E-state index contributed by atoms with van der Waals surface area (Å²) >= 11 is 0. The molecule has 228 valence electrons. The summed E-state index contributed by atoms with van der Waals surface area (Å²) in [6, 6.07) is 27.7. The van der Waals surface area contributed by atoms with E-state index in [1.807, 2.05) is 91.9 Å². The third-order valence-electron chi connectivity index (χ3n) is 8.75. The lowest BCUT2D eigenvalue weighted by atomic mass is 9.88. The Morgan fingerprint density at radius 3 is 1.67 bits per heavy atom. The zero-order valence-electron chi connectivity index (χ0n) is 25.6. The molecule has 4 aromatic rings. The van der Waals surface area contributed by atoms with Crippen LogP contribution in [0.4, 0.5) is 0 Å². The fourth-order valence-corrected chi connectivity index (χ4v) is 6.58. The number of aliphatic hydroxyl groups excluding tert-OH is 2. The zero-order chi connectivity index (χ0) is 31.3. The summed E-state index contributed by atoms with van der Waals surface area (Å²) in [4.78, 5) is 35.8. The number of aliphatic hydroxyl groups is 2. The molecule has 4 aromatic carbocycles.